The molecule has 2 aliphatic heterocycles. The Bertz CT molecular complexity index is 1760. The molecule has 2 aromatic heterocycles. The SMILES string of the molecule is CSc1[s+]sc2c1-c1cc(C)ccc1N(Cc1ccc(CN3c4ccc(C)cc4-c4c(s[s+]c4SC)C3(C)C)cc1)C2(C)C.[I-].[I-]. The average molecular weight is 945 g/mol. The summed E-state index contributed by atoms with van der Waals surface area (Å²) in [5, 5.41) is 0. The van der Waals surface area contributed by atoms with Crippen molar-refractivity contribution in [1.82, 2.24) is 0 Å². The van der Waals surface area contributed by atoms with Gasteiger partial charge in [-0.1, -0.05) is 71.0 Å². The van der Waals surface area contributed by atoms with Crippen LogP contribution in [0.1, 0.15) is 59.7 Å². The fraction of sp³-hybridized carbons (Fsp3) is 0.333. The van der Waals surface area contributed by atoms with Crippen molar-refractivity contribution in [1.29, 1.82) is 0 Å². The van der Waals surface area contributed by atoms with Crippen LogP contribution in [0.4, 0.5) is 11.4 Å². The minimum Gasteiger partial charge on any atom is -1.00 e. The summed E-state index contributed by atoms with van der Waals surface area (Å²) < 4.78 is 2.87. The Morgan fingerprint density at radius 3 is 1.33 bits per heavy atom. The summed E-state index contributed by atoms with van der Waals surface area (Å²) in [5.41, 5.74) is 13.6. The Balaban J connectivity index is 0.00000208. The van der Waals surface area contributed by atoms with E-state index in [9.17, 15) is 0 Å². The van der Waals surface area contributed by atoms with Crippen LogP contribution in [0.2, 0.25) is 0 Å². The molecule has 0 atom stereocenters. The first-order chi connectivity index (χ1) is 21.0. The van der Waals surface area contributed by atoms with Crippen LogP contribution >= 0.6 is 64.9 Å². The molecule has 0 bridgehead atoms. The lowest BCUT2D eigenvalue weighted by atomic mass is 9.86. The molecule has 0 saturated heterocycles. The quantitative estimate of drug-likeness (QED) is 0.0842. The summed E-state index contributed by atoms with van der Waals surface area (Å²) in [7, 11) is 7.77. The monoisotopic (exact) mass is 944 g/mol. The van der Waals surface area contributed by atoms with Crippen LogP contribution in [0.5, 0.6) is 0 Å². The zero-order chi connectivity index (χ0) is 31.0. The van der Waals surface area contributed by atoms with Crippen molar-refractivity contribution in [3.05, 3.63) is 92.7 Å². The minimum atomic E-state index is -0.0832. The maximum atomic E-state index is 2.63. The Morgan fingerprint density at radius 2 is 0.978 bits per heavy atom. The second-order valence-electron chi connectivity index (χ2n) is 12.9. The van der Waals surface area contributed by atoms with E-state index in [-0.39, 0.29) is 59.0 Å². The van der Waals surface area contributed by atoms with Gasteiger partial charge in [0.1, 0.15) is 9.75 Å². The molecule has 0 aliphatic carbocycles. The largest absolute Gasteiger partial charge is 1.00 e. The van der Waals surface area contributed by atoms with E-state index >= 15 is 0 Å². The fourth-order valence-corrected chi connectivity index (χ4v) is 15.5. The predicted molar refractivity (Wildman–Crippen MR) is 202 cm³/mol. The van der Waals surface area contributed by atoms with Crippen molar-refractivity contribution in [3.63, 3.8) is 0 Å². The summed E-state index contributed by atoms with van der Waals surface area (Å²) in [4.78, 5) is 8.23. The van der Waals surface area contributed by atoms with E-state index < -0.39 is 0 Å². The van der Waals surface area contributed by atoms with Gasteiger partial charge in [0.25, 0.3) is 8.42 Å². The van der Waals surface area contributed by atoms with Crippen molar-refractivity contribution >= 4 is 76.3 Å². The number of benzene rings is 3. The van der Waals surface area contributed by atoms with Crippen LogP contribution < -0.4 is 57.8 Å². The fourth-order valence-electron chi connectivity index (χ4n) is 6.76. The number of hydrogen-bond donors (Lipinski definition) is 0. The molecular formula is C36H38I2N2S6. The molecule has 4 heterocycles. The molecule has 2 aliphatic rings. The Morgan fingerprint density at radius 1 is 0.609 bits per heavy atom. The van der Waals surface area contributed by atoms with Crippen molar-refractivity contribution in [2.24, 2.45) is 0 Å². The highest BCUT2D eigenvalue weighted by molar-refractivity contribution is 8.02. The number of hydrogen-bond acceptors (Lipinski definition) is 6. The Kier molecular flexibility index (Phi) is 11.2. The van der Waals surface area contributed by atoms with Gasteiger partial charge in [0.05, 0.1) is 22.2 Å². The zero-order valence-corrected chi connectivity index (χ0v) is 36.5. The van der Waals surface area contributed by atoms with Crippen molar-refractivity contribution in [2.75, 3.05) is 22.3 Å². The minimum absolute atomic E-state index is 0. The van der Waals surface area contributed by atoms with Crippen molar-refractivity contribution in [2.45, 2.75) is 74.1 Å². The Hall–Kier alpha value is -0.480. The smallest absolute Gasteiger partial charge is 0.308 e. The molecule has 46 heavy (non-hydrogen) atoms. The highest BCUT2D eigenvalue weighted by atomic mass is 127. The zero-order valence-electron chi connectivity index (χ0n) is 27.3. The van der Waals surface area contributed by atoms with E-state index in [0.29, 0.717) is 0 Å². The van der Waals surface area contributed by atoms with Gasteiger partial charge in [-0.2, -0.15) is 0 Å². The molecule has 0 N–H and O–H groups in total. The second kappa shape index (κ2) is 14.0. The van der Waals surface area contributed by atoms with E-state index in [2.05, 4.69) is 125 Å². The van der Waals surface area contributed by atoms with Crippen molar-refractivity contribution in [3.8, 4) is 22.3 Å². The summed E-state index contributed by atoms with van der Waals surface area (Å²) in [6, 6.07) is 23.4. The molecule has 2 nitrogen and oxygen atoms in total. The first kappa shape index (κ1) is 36.8. The summed E-state index contributed by atoms with van der Waals surface area (Å²) >= 11 is 3.77. The van der Waals surface area contributed by atoms with Gasteiger partial charge in [0, 0.05) is 35.6 Å². The highest BCUT2D eigenvalue weighted by Gasteiger charge is 2.46. The standard InChI is InChI=1S/C36H38N2S6.2HI/c1-21-9-15-27-25(17-21)29-31(41-43-33(29)39-7)35(3,4)37(27)19-23-11-13-24(14-12-23)20-38-28-16-10-22(2)18-26(28)30-32(36(38,5)6)42-44-34(30)40-8;;/h9-18H,19-20H2,1-8H3;2*1H/q+2;;/p-2. The normalized spacial score (nSPS) is 15.2. The number of fused-ring (bicyclic) bond motifs is 6. The molecular weight excluding hydrogens is 907 g/mol. The van der Waals surface area contributed by atoms with Gasteiger partial charge in [-0.25, -0.2) is 0 Å². The van der Waals surface area contributed by atoms with E-state index in [4.69, 9.17) is 0 Å². The third-order valence-corrected chi connectivity index (χ3v) is 17.6. The molecule has 3 aromatic carbocycles. The average Bonchev–Trinajstić information content (AvgIpc) is 3.64. The maximum Gasteiger partial charge on any atom is 0.308 e. The van der Waals surface area contributed by atoms with Gasteiger partial charge in [-0.05, 0) is 89.4 Å². The molecule has 0 amide bonds. The number of halogens is 2. The first-order valence-corrected chi connectivity index (χ1v) is 21.7. The first-order valence-electron chi connectivity index (χ1n) is 14.9. The van der Waals surface area contributed by atoms with E-state index in [1.54, 1.807) is 0 Å². The van der Waals surface area contributed by atoms with Crippen LogP contribution in [-0.4, -0.2) is 12.5 Å². The molecule has 0 saturated carbocycles. The number of anilines is 2. The third kappa shape index (κ3) is 6.11. The predicted octanol–water partition coefficient (Wildman–Crippen LogP) is 6.41. The summed E-state index contributed by atoms with van der Waals surface area (Å²) in [6.07, 6.45) is 4.42. The summed E-state index contributed by atoms with van der Waals surface area (Å²) in [6.45, 7) is 15.8. The summed E-state index contributed by atoms with van der Waals surface area (Å²) in [5.74, 6) is 0. The number of aryl methyl sites for hydroxylation is 2. The topological polar surface area (TPSA) is 6.48 Å². The number of rotatable bonds is 6. The van der Waals surface area contributed by atoms with Crippen LogP contribution in [0.25, 0.3) is 22.3 Å². The van der Waals surface area contributed by atoms with Crippen LogP contribution in [0.3, 0.4) is 0 Å². The third-order valence-electron chi connectivity index (χ3n) is 9.22. The van der Waals surface area contributed by atoms with Gasteiger partial charge >= 0.3 is 20.7 Å². The van der Waals surface area contributed by atoms with Gasteiger partial charge < -0.3 is 57.8 Å². The molecule has 242 valence electrons. The maximum absolute atomic E-state index is 2.63. The van der Waals surface area contributed by atoms with Gasteiger partial charge in [0.15, 0.2) is 20.7 Å². The van der Waals surface area contributed by atoms with E-state index in [1.807, 2.05) is 64.9 Å². The molecule has 10 heteroatoms. The molecule has 5 aromatic rings. The van der Waals surface area contributed by atoms with Crippen molar-refractivity contribution < 1.29 is 48.0 Å². The van der Waals surface area contributed by atoms with Crippen LogP contribution in [0, 0.1) is 13.8 Å². The lowest BCUT2D eigenvalue weighted by molar-refractivity contribution is -0.001000. The Labute approximate surface area is 331 Å². The van der Waals surface area contributed by atoms with E-state index in [1.165, 1.54) is 74.1 Å². The number of nitrogens with zero attached hydrogens (tertiary/aromatic N) is 2. The lowest BCUT2D eigenvalue weighted by Gasteiger charge is -2.44. The van der Waals surface area contributed by atoms with Crippen LogP contribution in [-0.2, 0) is 24.2 Å². The molecule has 0 radical (unpaired) electrons. The molecule has 7 rings (SSSR count). The molecule has 0 unspecified atom stereocenters. The number of thioether (sulfide) groups is 2. The second-order valence-corrected chi connectivity index (χ2v) is 19.3. The van der Waals surface area contributed by atoms with Gasteiger partial charge in [-0.15, -0.1) is 0 Å². The highest BCUT2D eigenvalue weighted by Crippen LogP contribution is 2.57. The van der Waals surface area contributed by atoms with Gasteiger partial charge in [-0.3, -0.25) is 0 Å². The lowest BCUT2D eigenvalue weighted by Crippen LogP contribution is -3.00. The molecule has 0 fully saturated rings. The van der Waals surface area contributed by atoms with Gasteiger partial charge in [0.2, 0.25) is 0 Å². The van der Waals surface area contributed by atoms with Crippen LogP contribution in [0.15, 0.2) is 69.1 Å². The molecule has 0 spiro atoms. The van der Waals surface area contributed by atoms with E-state index in [0.717, 1.165) is 13.1 Å².